The Morgan fingerprint density at radius 2 is 2.11 bits per heavy atom. The number of carbonyl (C=O) groups is 1. The molecule has 3 rings (SSSR count). The van der Waals surface area contributed by atoms with Crippen LogP contribution in [-0.2, 0) is 6.54 Å². The van der Waals surface area contributed by atoms with Crippen LogP contribution < -0.4 is 10.1 Å². The molecule has 2 aromatic heterocycles. The lowest BCUT2D eigenvalue weighted by molar-refractivity contribution is -0.141. The average Bonchev–Trinajstić information content (AvgIpc) is 3.11. The Labute approximate surface area is 157 Å². The van der Waals surface area contributed by atoms with E-state index >= 15 is 0 Å². The number of rotatable bonds is 5. The number of nitrogens with zero attached hydrogens (tertiary/aromatic N) is 3. The van der Waals surface area contributed by atoms with Gasteiger partial charge in [-0.05, 0) is 32.9 Å². The van der Waals surface area contributed by atoms with E-state index in [0.29, 0.717) is 16.1 Å². The zero-order chi connectivity index (χ0) is 19.8. The van der Waals surface area contributed by atoms with Gasteiger partial charge in [-0.2, -0.15) is 18.3 Å². The predicted octanol–water partition coefficient (Wildman–Crippen LogP) is 4.40. The highest BCUT2D eigenvalue weighted by Gasteiger charge is 2.31. The highest BCUT2D eigenvalue weighted by molar-refractivity contribution is 7.09. The van der Waals surface area contributed by atoms with Crippen molar-refractivity contribution >= 4 is 34.0 Å². The number of halogens is 3. The molecule has 0 bridgehead atoms. The van der Waals surface area contributed by atoms with Gasteiger partial charge >= 0.3 is 6.18 Å². The molecule has 0 aliphatic rings. The van der Waals surface area contributed by atoms with Gasteiger partial charge in [0, 0.05) is 5.38 Å². The van der Waals surface area contributed by atoms with E-state index in [1.807, 2.05) is 0 Å². The molecular formula is C17H17F3N4O2S. The molecule has 0 saturated heterocycles. The number of fused-ring (bicyclic) bond motifs is 1. The smallest absolute Gasteiger partial charge is 0.408 e. The van der Waals surface area contributed by atoms with Crippen molar-refractivity contribution in [2.24, 2.45) is 0 Å². The van der Waals surface area contributed by atoms with Crippen LogP contribution in [0.1, 0.15) is 29.3 Å². The summed E-state index contributed by atoms with van der Waals surface area (Å²) in [6, 6.07) is 4.72. The van der Waals surface area contributed by atoms with Gasteiger partial charge < -0.3 is 10.1 Å². The van der Waals surface area contributed by atoms with Gasteiger partial charge in [-0.15, -0.1) is 11.3 Å². The standard InChI is InChI=1S/C17H17F3N4O2S/c1-9(2)26-13-6-4-5-12-14(13)15(23-24(12)8-17(18,19)20)22-16(25)11-7-27-10(3)21-11/h4-7,9H,8H2,1-3H3,(H,22,23,25). The first-order valence-electron chi connectivity index (χ1n) is 8.10. The van der Waals surface area contributed by atoms with Crippen molar-refractivity contribution in [2.75, 3.05) is 5.32 Å². The Morgan fingerprint density at radius 3 is 2.70 bits per heavy atom. The first kappa shape index (κ1) is 19.2. The van der Waals surface area contributed by atoms with Crippen molar-refractivity contribution < 1.29 is 22.7 Å². The van der Waals surface area contributed by atoms with Crippen LogP contribution in [0.25, 0.3) is 10.9 Å². The summed E-state index contributed by atoms with van der Waals surface area (Å²) in [7, 11) is 0. The van der Waals surface area contributed by atoms with Crippen molar-refractivity contribution in [3.63, 3.8) is 0 Å². The van der Waals surface area contributed by atoms with E-state index in [1.54, 1.807) is 38.3 Å². The summed E-state index contributed by atoms with van der Waals surface area (Å²) in [5, 5.41) is 9.13. The second-order valence-electron chi connectivity index (χ2n) is 6.14. The molecule has 0 unspecified atom stereocenters. The minimum absolute atomic E-state index is 0.00107. The molecule has 6 nitrogen and oxygen atoms in total. The molecule has 0 aliphatic heterocycles. The Kier molecular flexibility index (Phi) is 5.09. The zero-order valence-corrected chi connectivity index (χ0v) is 15.6. The van der Waals surface area contributed by atoms with E-state index in [2.05, 4.69) is 15.4 Å². The molecule has 1 amide bonds. The summed E-state index contributed by atoms with van der Waals surface area (Å²) in [6.45, 7) is 4.08. The molecular weight excluding hydrogens is 381 g/mol. The van der Waals surface area contributed by atoms with E-state index in [-0.39, 0.29) is 23.1 Å². The van der Waals surface area contributed by atoms with Gasteiger partial charge in [0.1, 0.15) is 18.0 Å². The van der Waals surface area contributed by atoms with Gasteiger partial charge in [-0.1, -0.05) is 6.07 Å². The second-order valence-corrected chi connectivity index (χ2v) is 7.21. The van der Waals surface area contributed by atoms with Crippen LogP contribution in [0.15, 0.2) is 23.6 Å². The zero-order valence-electron chi connectivity index (χ0n) is 14.8. The number of thiazole rings is 1. The maximum atomic E-state index is 12.9. The SMILES string of the molecule is Cc1nc(C(=O)Nc2nn(CC(F)(F)F)c3cccc(OC(C)C)c23)cs1. The molecule has 1 aromatic carbocycles. The highest BCUT2D eigenvalue weighted by Crippen LogP contribution is 2.34. The van der Waals surface area contributed by atoms with Crippen molar-refractivity contribution in [3.05, 3.63) is 34.3 Å². The van der Waals surface area contributed by atoms with E-state index in [1.165, 1.54) is 17.4 Å². The van der Waals surface area contributed by atoms with E-state index < -0.39 is 18.6 Å². The Balaban J connectivity index is 2.07. The summed E-state index contributed by atoms with van der Waals surface area (Å²) in [5.41, 5.74) is 0.397. The fraction of sp³-hybridized carbons (Fsp3) is 0.353. The lowest BCUT2D eigenvalue weighted by Gasteiger charge is -2.12. The summed E-state index contributed by atoms with van der Waals surface area (Å²) < 4.78 is 45.3. The Hall–Kier alpha value is -2.62. The number of nitrogens with one attached hydrogen (secondary N) is 1. The molecule has 144 valence electrons. The van der Waals surface area contributed by atoms with Crippen molar-refractivity contribution in [3.8, 4) is 5.75 Å². The normalized spacial score (nSPS) is 12.0. The van der Waals surface area contributed by atoms with E-state index in [4.69, 9.17) is 4.74 Å². The number of carbonyl (C=O) groups excluding carboxylic acids is 1. The van der Waals surface area contributed by atoms with Crippen LogP contribution >= 0.6 is 11.3 Å². The van der Waals surface area contributed by atoms with Gasteiger partial charge in [0.2, 0.25) is 0 Å². The van der Waals surface area contributed by atoms with Crippen LogP contribution in [0.4, 0.5) is 19.0 Å². The Morgan fingerprint density at radius 1 is 1.37 bits per heavy atom. The number of alkyl halides is 3. The lowest BCUT2D eigenvalue weighted by Crippen LogP contribution is -2.19. The first-order chi connectivity index (χ1) is 12.6. The third-order valence-electron chi connectivity index (χ3n) is 3.52. The number of hydrogen-bond acceptors (Lipinski definition) is 5. The van der Waals surface area contributed by atoms with Crippen LogP contribution in [0.3, 0.4) is 0 Å². The van der Waals surface area contributed by atoms with Gasteiger partial charge in [0.05, 0.1) is 22.0 Å². The van der Waals surface area contributed by atoms with E-state index in [9.17, 15) is 18.0 Å². The van der Waals surface area contributed by atoms with Crippen LogP contribution in [0.2, 0.25) is 0 Å². The molecule has 0 radical (unpaired) electrons. The number of anilines is 1. The Bertz CT molecular complexity index is 978. The van der Waals surface area contributed by atoms with Crippen molar-refractivity contribution in [1.29, 1.82) is 0 Å². The predicted molar refractivity (Wildman–Crippen MR) is 96.4 cm³/mol. The molecule has 0 fully saturated rings. The van der Waals surface area contributed by atoms with Gasteiger partial charge in [0.15, 0.2) is 5.82 Å². The molecule has 2 heterocycles. The third-order valence-corrected chi connectivity index (χ3v) is 4.29. The summed E-state index contributed by atoms with van der Waals surface area (Å²) in [4.78, 5) is 16.5. The first-order valence-corrected chi connectivity index (χ1v) is 8.98. The number of aryl methyl sites for hydroxylation is 1. The molecule has 0 aliphatic carbocycles. The second kappa shape index (κ2) is 7.18. The molecule has 0 spiro atoms. The molecule has 1 N–H and O–H groups in total. The topological polar surface area (TPSA) is 69.0 Å². The highest BCUT2D eigenvalue weighted by atomic mass is 32.1. The largest absolute Gasteiger partial charge is 0.490 e. The van der Waals surface area contributed by atoms with E-state index in [0.717, 1.165) is 4.68 Å². The molecule has 0 saturated carbocycles. The van der Waals surface area contributed by atoms with Crippen LogP contribution in [0, 0.1) is 6.92 Å². The maximum Gasteiger partial charge on any atom is 0.408 e. The molecule has 0 atom stereocenters. The number of aromatic nitrogens is 3. The minimum atomic E-state index is -4.46. The van der Waals surface area contributed by atoms with Gasteiger partial charge in [0.25, 0.3) is 5.91 Å². The quantitative estimate of drug-likeness (QED) is 0.692. The number of ether oxygens (including phenoxy) is 1. The van der Waals surface area contributed by atoms with Crippen LogP contribution in [-0.4, -0.2) is 33.0 Å². The number of amides is 1. The number of hydrogen-bond donors (Lipinski definition) is 1. The molecule has 3 aromatic rings. The monoisotopic (exact) mass is 398 g/mol. The van der Waals surface area contributed by atoms with Gasteiger partial charge in [-0.25, -0.2) is 4.98 Å². The summed E-state index contributed by atoms with van der Waals surface area (Å²) in [5.74, 6) is -0.195. The van der Waals surface area contributed by atoms with Crippen LogP contribution in [0.5, 0.6) is 5.75 Å². The summed E-state index contributed by atoms with van der Waals surface area (Å²) in [6.07, 6.45) is -4.66. The number of benzene rings is 1. The van der Waals surface area contributed by atoms with Crippen molar-refractivity contribution in [1.82, 2.24) is 14.8 Å². The lowest BCUT2D eigenvalue weighted by atomic mass is 10.2. The molecule has 10 heteroatoms. The fourth-order valence-corrected chi connectivity index (χ4v) is 3.16. The van der Waals surface area contributed by atoms with Gasteiger partial charge in [-0.3, -0.25) is 9.48 Å². The summed E-state index contributed by atoms with van der Waals surface area (Å²) >= 11 is 1.30. The fourth-order valence-electron chi connectivity index (χ4n) is 2.57. The maximum absolute atomic E-state index is 12.9. The minimum Gasteiger partial charge on any atom is -0.490 e. The third kappa shape index (κ3) is 4.38. The van der Waals surface area contributed by atoms with Crippen molar-refractivity contribution in [2.45, 2.75) is 39.6 Å². The molecule has 27 heavy (non-hydrogen) atoms. The average molecular weight is 398 g/mol.